The molecule has 0 saturated heterocycles. The van der Waals surface area contributed by atoms with E-state index in [4.69, 9.17) is 5.21 Å². The normalized spacial score (nSPS) is 10.3. The van der Waals surface area contributed by atoms with Crippen LogP contribution in [0.5, 0.6) is 0 Å². The van der Waals surface area contributed by atoms with Crippen LogP contribution in [0.15, 0.2) is 16.6 Å². The SMILES string of the molecule is ONCc1cc(F)c(Br)c(F)c1. The van der Waals surface area contributed by atoms with Gasteiger partial charge in [-0.1, -0.05) is 0 Å². The van der Waals surface area contributed by atoms with Gasteiger partial charge < -0.3 is 5.21 Å². The molecule has 0 spiro atoms. The first kappa shape index (κ1) is 9.57. The van der Waals surface area contributed by atoms with Crippen LogP contribution in [0.25, 0.3) is 0 Å². The van der Waals surface area contributed by atoms with Crippen LogP contribution in [-0.4, -0.2) is 5.21 Å². The Balaban J connectivity index is 3.04. The Labute approximate surface area is 76.3 Å². The van der Waals surface area contributed by atoms with Gasteiger partial charge in [0.1, 0.15) is 11.6 Å². The first-order valence-electron chi connectivity index (χ1n) is 3.15. The number of halogens is 3. The summed E-state index contributed by atoms with van der Waals surface area (Å²) in [7, 11) is 0. The summed E-state index contributed by atoms with van der Waals surface area (Å²) in [6.07, 6.45) is 0. The molecule has 0 unspecified atom stereocenters. The van der Waals surface area contributed by atoms with Gasteiger partial charge in [0, 0.05) is 6.54 Å². The van der Waals surface area contributed by atoms with Crippen molar-refractivity contribution in [2.45, 2.75) is 6.54 Å². The van der Waals surface area contributed by atoms with E-state index in [0.717, 1.165) is 12.1 Å². The molecule has 0 aliphatic carbocycles. The molecule has 0 atom stereocenters. The maximum atomic E-state index is 12.8. The highest BCUT2D eigenvalue weighted by Gasteiger charge is 2.07. The fraction of sp³-hybridized carbons (Fsp3) is 0.143. The van der Waals surface area contributed by atoms with Gasteiger partial charge in [-0.3, -0.25) is 0 Å². The minimum atomic E-state index is -0.680. The molecule has 5 heteroatoms. The van der Waals surface area contributed by atoms with Crippen molar-refractivity contribution < 1.29 is 14.0 Å². The molecule has 0 aromatic heterocycles. The van der Waals surface area contributed by atoms with Crippen molar-refractivity contribution >= 4 is 15.9 Å². The van der Waals surface area contributed by atoms with Crippen LogP contribution in [-0.2, 0) is 6.54 Å². The van der Waals surface area contributed by atoms with Gasteiger partial charge in [-0.05, 0) is 33.6 Å². The Morgan fingerprint density at radius 1 is 1.33 bits per heavy atom. The van der Waals surface area contributed by atoms with Crippen LogP contribution in [0, 0.1) is 11.6 Å². The molecule has 0 bridgehead atoms. The summed E-state index contributed by atoms with van der Waals surface area (Å²) in [4.78, 5) is 0. The highest BCUT2D eigenvalue weighted by molar-refractivity contribution is 9.10. The van der Waals surface area contributed by atoms with E-state index in [0.29, 0.717) is 5.56 Å². The molecule has 0 radical (unpaired) electrons. The molecule has 12 heavy (non-hydrogen) atoms. The molecule has 1 aromatic rings. The molecule has 66 valence electrons. The molecule has 0 amide bonds. The number of nitrogens with one attached hydrogen (secondary N) is 1. The highest BCUT2D eigenvalue weighted by Crippen LogP contribution is 2.20. The average Bonchev–Trinajstić information content (AvgIpc) is 2.01. The number of hydrogen-bond acceptors (Lipinski definition) is 2. The molecule has 0 aliphatic rings. The summed E-state index contributed by atoms with van der Waals surface area (Å²) in [5.41, 5.74) is 2.15. The van der Waals surface area contributed by atoms with Crippen LogP contribution >= 0.6 is 15.9 Å². The van der Waals surface area contributed by atoms with E-state index in [9.17, 15) is 8.78 Å². The van der Waals surface area contributed by atoms with E-state index in [1.165, 1.54) is 0 Å². The van der Waals surface area contributed by atoms with Crippen molar-refractivity contribution in [2.75, 3.05) is 0 Å². The maximum Gasteiger partial charge on any atom is 0.140 e. The van der Waals surface area contributed by atoms with E-state index >= 15 is 0 Å². The van der Waals surface area contributed by atoms with E-state index in [2.05, 4.69) is 15.9 Å². The number of hydrogen-bond donors (Lipinski definition) is 2. The topological polar surface area (TPSA) is 32.3 Å². The van der Waals surface area contributed by atoms with E-state index in [1.54, 1.807) is 0 Å². The first-order valence-corrected chi connectivity index (χ1v) is 3.95. The van der Waals surface area contributed by atoms with E-state index < -0.39 is 11.6 Å². The largest absolute Gasteiger partial charge is 0.316 e. The lowest BCUT2D eigenvalue weighted by Gasteiger charge is -2.01. The second-order valence-electron chi connectivity index (χ2n) is 2.21. The summed E-state index contributed by atoms with van der Waals surface area (Å²) >= 11 is 2.73. The molecule has 0 fully saturated rings. The summed E-state index contributed by atoms with van der Waals surface area (Å²) in [6, 6.07) is 2.27. The maximum absolute atomic E-state index is 12.8. The van der Waals surface area contributed by atoms with Gasteiger partial charge in [-0.2, -0.15) is 0 Å². The van der Waals surface area contributed by atoms with Gasteiger partial charge in [0.15, 0.2) is 0 Å². The van der Waals surface area contributed by atoms with Crippen molar-refractivity contribution in [3.8, 4) is 0 Å². The lowest BCUT2D eigenvalue weighted by Crippen LogP contribution is -2.06. The Hall–Kier alpha value is -0.520. The Morgan fingerprint density at radius 3 is 2.25 bits per heavy atom. The molecular weight excluding hydrogens is 232 g/mol. The second kappa shape index (κ2) is 3.93. The summed E-state index contributed by atoms with van der Waals surface area (Å²) in [5, 5.41) is 8.26. The Morgan fingerprint density at radius 2 is 1.83 bits per heavy atom. The van der Waals surface area contributed by atoms with Gasteiger partial charge in [0.05, 0.1) is 4.47 Å². The van der Waals surface area contributed by atoms with Crippen molar-refractivity contribution in [1.82, 2.24) is 5.48 Å². The predicted molar refractivity (Wildman–Crippen MR) is 42.7 cm³/mol. The van der Waals surface area contributed by atoms with Gasteiger partial charge in [-0.15, -0.1) is 0 Å². The predicted octanol–water partition coefficient (Wildman–Crippen LogP) is 2.21. The van der Waals surface area contributed by atoms with Crippen LogP contribution in [0.4, 0.5) is 8.78 Å². The van der Waals surface area contributed by atoms with Crippen LogP contribution in [0.1, 0.15) is 5.56 Å². The van der Waals surface area contributed by atoms with Crippen LogP contribution in [0.2, 0.25) is 0 Å². The minimum Gasteiger partial charge on any atom is -0.316 e. The third kappa shape index (κ3) is 2.00. The molecule has 2 N–H and O–H groups in total. The monoisotopic (exact) mass is 237 g/mol. The van der Waals surface area contributed by atoms with Crippen molar-refractivity contribution in [3.05, 3.63) is 33.8 Å². The zero-order chi connectivity index (χ0) is 9.14. The zero-order valence-electron chi connectivity index (χ0n) is 5.94. The Kier molecular flexibility index (Phi) is 3.13. The molecular formula is C7H6BrF2NO. The fourth-order valence-corrected chi connectivity index (χ4v) is 1.03. The van der Waals surface area contributed by atoms with Gasteiger partial charge >= 0.3 is 0 Å². The zero-order valence-corrected chi connectivity index (χ0v) is 7.53. The van der Waals surface area contributed by atoms with Crippen molar-refractivity contribution in [3.63, 3.8) is 0 Å². The van der Waals surface area contributed by atoms with Crippen LogP contribution in [0.3, 0.4) is 0 Å². The summed E-state index contributed by atoms with van der Waals surface area (Å²) in [5.74, 6) is -1.36. The van der Waals surface area contributed by atoms with Gasteiger partial charge in [-0.25, -0.2) is 14.3 Å². The van der Waals surface area contributed by atoms with Crippen molar-refractivity contribution in [2.24, 2.45) is 0 Å². The average molecular weight is 238 g/mol. The lowest BCUT2D eigenvalue weighted by molar-refractivity contribution is 0.161. The van der Waals surface area contributed by atoms with E-state index in [1.807, 2.05) is 5.48 Å². The van der Waals surface area contributed by atoms with Crippen molar-refractivity contribution in [1.29, 1.82) is 0 Å². The third-order valence-corrected chi connectivity index (χ3v) is 2.08. The van der Waals surface area contributed by atoms with Crippen LogP contribution < -0.4 is 5.48 Å². The minimum absolute atomic E-state index is 0.0150. The summed E-state index contributed by atoms with van der Waals surface area (Å²) < 4.78 is 25.3. The molecule has 1 aromatic carbocycles. The quantitative estimate of drug-likeness (QED) is 0.611. The van der Waals surface area contributed by atoms with Gasteiger partial charge in [0.2, 0.25) is 0 Å². The number of benzene rings is 1. The van der Waals surface area contributed by atoms with Gasteiger partial charge in [0.25, 0.3) is 0 Å². The van der Waals surface area contributed by atoms with E-state index in [-0.39, 0.29) is 11.0 Å². The standard InChI is InChI=1S/C7H6BrF2NO/c8-7-5(9)1-4(3-11-12)2-6(7)10/h1-2,11-12H,3H2. The molecule has 1 rings (SSSR count). The fourth-order valence-electron chi connectivity index (χ4n) is 0.801. The molecule has 0 saturated carbocycles. The molecule has 0 heterocycles. The molecule has 2 nitrogen and oxygen atoms in total. The number of rotatable bonds is 2. The second-order valence-corrected chi connectivity index (χ2v) is 3.00. The number of hydroxylamine groups is 1. The third-order valence-electron chi connectivity index (χ3n) is 1.33. The first-order chi connectivity index (χ1) is 5.65. The summed E-state index contributed by atoms with van der Waals surface area (Å²) in [6.45, 7) is 0.0150. The molecule has 0 aliphatic heterocycles. The highest BCUT2D eigenvalue weighted by atomic mass is 79.9. The Bertz CT molecular complexity index is 270. The smallest absolute Gasteiger partial charge is 0.140 e. The lowest BCUT2D eigenvalue weighted by atomic mass is 10.2.